The van der Waals surface area contributed by atoms with Gasteiger partial charge in [0.15, 0.2) is 0 Å². The summed E-state index contributed by atoms with van der Waals surface area (Å²) in [4.78, 5) is 16.8. The summed E-state index contributed by atoms with van der Waals surface area (Å²) >= 11 is 12.5. The van der Waals surface area contributed by atoms with Crippen molar-refractivity contribution in [2.75, 3.05) is 5.32 Å². The number of hydrogen-bond acceptors (Lipinski definition) is 3. The molecule has 1 aromatic heterocycles. The van der Waals surface area contributed by atoms with Crippen molar-refractivity contribution in [2.24, 2.45) is 5.84 Å². The third-order valence-corrected chi connectivity index (χ3v) is 5.12. The quantitative estimate of drug-likeness (QED) is 0.280. The normalized spacial score (nSPS) is 11.1. The maximum atomic E-state index is 12.0. The molecular formula is C21H22Cl2N4O. The van der Waals surface area contributed by atoms with E-state index in [2.05, 4.69) is 37.6 Å². The molecule has 0 atom stereocenters. The van der Waals surface area contributed by atoms with Gasteiger partial charge in [0, 0.05) is 21.0 Å². The Morgan fingerprint density at radius 3 is 2.25 bits per heavy atom. The first kappa shape index (κ1) is 20.4. The molecule has 0 aliphatic rings. The highest BCUT2D eigenvalue weighted by molar-refractivity contribution is 6.35. The zero-order valence-electron chi connectivity index (χ0n) is 16.2. The summed E-state index contributed by atoms with van der Waals surface area (Å²) in [5.74, 6) is 5.85. The third kappa shape index (κ3) is 3.78. The van der Waals surface area contributed by atoms with Gasteiger partial charge in [0.2, 0.25) is 0 Å². The number of carbonyl (C=O) groups excluding carboxylic acids is 1. The number of pyridine rings is 1. The van der Waals surface area contributed by atoms with E-state index in [1.807, 2.05) is 25.1 Å². The number of amides is 2. The smallest absolute Gasteiger partial charge is 0.291 e. The monoisotopic (exact) mass is 416 g/mol. The molecule has 0 aliphatic heterocycles. The lowest BCUT2D eigenvalue weighted by Gasteiger charge is -2.22. The van der Waals surface area contributed by atoms with Crippen LogP contribution in [0.2, 0.25) is 10.0 Å². The molecule has 5 nitrogen and oxygen atoms in total. The highest BCUT2D eigenvalue weighted by Gasteiger charge is 2.22. The molecule has 0 fully saturated rings. The second-order valence-corrected chi connectivity index (χ2v) is 7.96. The number of aromatic nitrogens is 1. The average Bonchev–Trinajstić information content (AvgIpc) is 2.62. The zero-order chi connectivity index (χ0) is 20.6. The summed E-state index contributed by atoms with van der Waals surface area (Å²) in [6.07, 6.45) is 0. The highest BCUT2D eigenvalue weighted by atomic mass is 35.5. The van der Waals surface area contributed by atoms with E-state index in [4.69, 9.17) is 34.0 Å². The van der Waals surface area contributed by atoms with Crippen LogP contribution in [0.3, 0.4) is 0 Å². The largest absolute Gasteiger partial charge is 0.334 e. The molecule has 146 valence electrons. The molecule has 0 radical (unpaired) electrons. The lowest BCUT2D eigenvalue weighted by Crippen LogP contribution is -2.34. The van der Waals surface area contributed by atoms with Gasteiger partial charge in [-0.25, -0.2) is 15.6 Å². The van der Waals surface area contributed by atoms with E-state index in [1.54, 1.807) is 6.07 Å². The van der Waals surface area contributed by atoms with Crippen LogP contribution in [-0.2, 0) is 0 Å². The van der Waals surface area contributed by atoms with E-state index >= 15 is 0 Å². The Kier molecular flexibility index (Phi) is 5.79. The van der Waals surface area contributed by atoms with Crippen molar-refractivity contribution in [1.29, 1.82) is 0 Å². The van der Waals surface area contributed by atoms with Gasteiger partial charge >= 0.3 is 6.03 Å². The second kappa shape index (κ2) is 7.95. The number of hydrogen-bond donors (Lipinski definition) is 3. The van der Waals surface area contributed by atoms with E-state index in [0.29, 0.717) is 15.9 Å². The minimum Gasteiger partial charge on any atom is -0.291 e. The van der Waals surface area contributed by atoms with Crippen molar-refractivity contribution in [3.63, 3.8) is 0 Å². The van der Waals surface area contributed by atoms with Crippen LogP contribution in [0.1, 0.15) is 36.5 Å². The number of halogens is 2. The fourth-order valence-electron chi connectivity index (χ4n) is 3.50. The maximum absolute atomic E-state index is 12.0. The van der Waals surface area contributed by atoms with Gasteiger partial charge in [0.05, 0.1) is 5.52 Å². The molecular weight excluding hydrogens is 395 g/mol. The Morgan fingerprint density at radius 2 is 1.68 bits per heavy atom. The molecule has 0 bridgehead atoms. The predicted octanol–water partition coefficient (Wildman–Crippen LogP) is 5.94. The molecule has 4 N–H and O–H groups in total. The summed E-state index contributed by atoms with van der Waals surface area (Å²) in [6.45, 7) is 8.28. The molecule has 1 heterocycles. The molecule has 0 unspecified atom stereocenters. The van der Waals surface area contributed by atoms with Crippen molar-refractivity contribution in [2.45, 2.75) is 33.6 Å². The van der Waals surface area contributed by atoms with E-state index in [-0.39, 0.29) is 5.92 Å². The standard InChI is InChI=1S/C21H22Cl2N4O/c1-10(2)16-17-11(3)5-6-12(4)19(17)25-20(26-21(28)27-24)18(16)13-7-14(22)9-15(23)8-13/h5-10H,24H2,1-4H3,(H2,25,26,27,28). The fourth-order valence-corrected chi connectivity index (χ4v) is 4.03. The number of carbonyl (C=O) groups is 1. The van der Waals surface area contributed by atoms with E-state index in [9.17, 15) is 4.79 Å². The van der Waals surface area contributed by atoms with Crippen molar-refractivity contribution >= 4 is 46.0 Å². The average molecular weight is 417 g/mol. The topological polar surface area (TPSA) is 80.0 Å². The van der Waals surface area contributed by atoms with E-state index in [0.717, 1.165) is 38.7 Å². The van der Waals surface area contributed by atoms with Crippen molar-refractivity contribution in [1.82, 2.24) is 10.4 Å². The van der Waals surface area contributed by atoms with Crippen LogP contribution in [0, 0.1) is 13.8 Å². The lowest BCUT2D eigenvalue weighted by atomic mass is 9.87. The maximum Gasteiger partial charge on any atom is 0.334 e. The van der Waals surface area contributed by atoms with E-state index < -0.39 is 6.03 Å². The second-order valence-electron chi connectivity index (χ2n) is 7.08. The molecule has 2 amide bonds. The van der Waals surface area contributed by atoms with Crippen LogP contribution < -0.4 is 16.6 Å². The lowest BCUT2D eigenvalue weighted by molar-refractivity contribution is 0.252. The number of urea groups is 1. The Bertz CT molecular complexity index is 1060. The number of aryl methyl sites for hydroxylation is 2. The van der Waals surface area contributed by atoms with Crippen LogP contribution in [0.15, 0.2) is 30.3 Å². The summed E-state index contributed by atoms with van der Waals surface area (Å²) in [5.41, 5.74) is 7.70. The Hall–Kier alpha value is -2.34. The molecule has 3 aromatic rings. The first-order valence-electron chi connectivity index (χ1n) is 8.90. The van der Waals surface area contributed by atoms with Gasteiger partial charge in [0.1, 0.15) is 5.82 Å². The first-order valence-corrected chi connectivity index (χ1v) is 9.66. The number of nitrogens with zero attached hydrogens (tertiary/aromatic N) is 1. The van der Waals surface area contributed by atoms with Gasteiger partial charge in [-0.2, -0.15) is 0 Å². The van der Waals surface area contributed by atoms with Crippen LogP contribution >= 0.6 is 23.2 Å². The third-order valence-electron chi connectivity index (χ3n) is 4.68. The van der Waals surface area contributed by atoms with Gasteiger partial charge in [-0.1, -0.05) is 49.2 Å². The summed E-state index contributed by atoms with van der Waals surface area (Å²) < 4.78 is 0. The number of fused-ring (bicyclic) bond motifs is 1. The number of benzene rings is 2. The molecule has 0 saturated heterocycles. The summed E-state index contributed by atoms with van der Waals surface area (Å²) in [5, 5.41) is 4.84. The van der Waals surface area contributed by atoms with Crippen LogP contribution in [-0.4, -0.2) is 11.0 Å². The first-order chi connectivity index (χ1) is 13.2. The predicted molar refractivity (Wildman–Crippen MR) is 117 cm³/mol. The number of nitrogens with one attached hydrogen (secondary N) is 2. The highest BCUT2D eigenvalue weighted by Crippen LogP contribution is 2.42. The Labute approximate surface area is 174 Å². The van der Waals surface area contributed by atoms with Crippen molar-refractivity contribution in [3.8, 4) is 11.1 Å². The van der Waals surface area contributed by atoms with Crippen LogP contribution in [0.25, 0.3) is 22.0 Å². The number of hydrazine groups is 1. The number of anilines is 1. The van der Waals surface area contributed by atoms with Gasteiger partial charge < -0.3 is 0 Å². The molecule has 0 saturated carbocycles. The number of nitrogens with two attached hydrogens (primary N) is 1. The summed E-state index contributed by atoms with van der Waals surface area (Å²) in [6, 6.07) is 8.86. The Balaban J connectivity index is 2.50. The SMILES string of the molecule is Cc1ccc(C)c2c(C(C)C)c(-c3cc(Cl)cc(Cl)c3)c(NC(=O)NN)nc12. The number of rotatable bonds is 3. The molecule has 2 aromatic carbocycles. The van der Waals surface area contributed by atoms with E-state index in [1.165, 1.54) is 0 Å². The van der Waals surface area contributed by atoms with Crippen molar-refractivity contribution in [3.05, 3.63) is 57.1 Å². The molecule has 28 heavy (non-hydrogen) atoms. The van der Waals surface area contributed by atoms with Crippen molar-refractivity contribution < 1.29 is 4.79 Å². The summed E-state index contributed by atoms with van der Waals surface area (Å²) in [7, 11) is 0. The zero-order valence-corrected chi connectivity index (χ0v) is 17.7. The van der Waals surface area contributed by atoms with Crippen LogP contribution in [0.4, 0.5) is 10.6 Å². The van der Waals surface area contributed by atoms with Gasteiger partial charge in [-0.15, -0.1) is 0 Å². The van der Waals surface area contributed by atoms with Gasteiger partial charge in [-0.3, -0.25) is 10.7 Å². The minimum atomic E-state index is -0.554. The minimum absolute atomic E-state index is 0.153. The molecule has 3 rings (SSSR count). The molecule has 0 spiro atoms. The van der Waals surface area contributed by atoms with Gasteiger partial charge in [-0.05, 0) is 60.2 Å². The van der Waals surface area contributed by atoms with Gasteiger partial charge in [0.25, 0.3) is 0 Å². The fraction of sp³-hybridized carbons (Fsp3) is 0.238. The van der Waals surface area contributed by atoms with Crippen LogP contribution in [0.5, 0.6) is 0 Å². The Morgan fingerprint density at radius 1 is 1.07 bits per heavy atom. The molecule has 0 aliphatic carbocycles. The molecule has 7 heteroatoms.